The van der Waals surface area contributed by atoms with Crippen molar-refractivity contribution in [3.63, 3.8) is 0 Å². The highest BCUT2D eigenvalue weighted by atomic mass is 35.5. The maximum Gasteiger partial charge on any atom is 0.433 e. The molecule has 0 radical (unpaired) electrons. The number of alkyl halides is 3. The predicted molar refractivity (Wildman–Crippen MR) is 78.2 cm³/mol. The first-order valence-corrected chi connectivity index (χ1v) is 6.67. The zero-order valence-electron chi connectivity index (χ0n) is 11.3. The number of aromatic amines is 1. The van der Waals surface area contributed by atoms with E-state index in [1.807, 2.05) is 5.43 Å². The quantitative estimate of drug-likeness (QED) is 0.780. The van der Waals surface area contributed by atoms with Crippen LogP contribution >= 0.6 is 11.6 Å². The van der Waals surface area contributed by atoms with Gasteiger partial charge in [-0.3, -0.25) is 15.2 Å². The second-order valence-electron chi connectivity index (χ2n) is 4.61. The lowest BCUT2D eigenvalue weighted by atomic mass is 10.1. The third-order valence-corrected chi connectivity index (χ3v) is 3.28. The van der Waals surface area contributed by atoms with E-state index in [9.17, 15) is 18.0 Å². The van der Waals surface area contributed by atoms with Crippen molar-refractivity contribution in [3.8, 4) is 11.3 Å². The van der Waals surface area contributed by atoms with Gasteiger partial charge in [0.15, 0.2) is 5.70 Å². The van der Waals surface area contributed by atoms with Crippen LogP contribution in [-0.4, -0.2) is 16.1 Å². The van der Waals surface area contributed by atoms with Crippen molar-refractivity contribution in [2.24, 2.45) is 0 Å². The zero-order valence-corrected chi connectivity index (χ0v) is 12.0. The topological polar surface area (TPSA) is 73.1 Å². The van der Waals surface area contributed by atoms with Gasteiger partial charge in [0.25, 0.3) is 5.56 Å². The van der Waals surface area contributed by atoms with E-state index in [2.05, 4.69) is 15.5 Å². The second-order valence-corrected chi connectivity index (χ2v) is 5.04. The van der Waals surface area contributed by atoms with Gasteiger partial charge < -0.3 is 4.98 Å². The van der Waals surface area contributed by atoms with Crippen LogP contribution in [0.15, 0.2) is 47.3 Å². The smallest absolute Gasteiger partial charge is 0.313 e. The van der Waals surface area contributed by atoms with Gasteiger partial charge >= 0.3 is 6.18 Å². The van der Waals surface area contributed by atoms with Crippen molar-refractivity contribution in [3.05, 3.63) is 57.9 Å². The number of hydrogen-bond acceptors (Lipinski definition) is 5. The van der Waals surface area contributed by atoms with E-state index >= 15 is 0 Å². The highest BCUT2D eigenvalue weighted by Gasteiger charge is 2.37. The summed E-state index contributed by atoms with van der Waals surface area (Å²) in [5, 5.41) is 1.50. The number of hydrogen-bond donors (Lipinski definition) is 3. The number of anilines is 1. The molecule has 0 atom stereocenters. The van der Waals surface area contributed by atoms with Gasteiger partial charge in [-0.1, -0.05) is 11.6 Å². The van der Waals surface area contributed by atoms with Gasteiger partial charge in [0, 0.05) is 16.7 Å². The van der Waals surface area contributed by atoms with E-state index in [1.54, 1.807) is 0 Å². The van der Waals surface area contributed by atoms with Crippen molar-refractivity contribution in [1.29, 1.82) is 0 Å². The molecule has 23 heavy (non-hydrogen) atoms. The summed E-state index contributed by atoms with van der Waals surface area (Å²) in [7, 11) is 0. The maximum absolute atomic E-state index is 12.7. The summed E-state index contributed by atoms with van der Waals surface area (Å²) in [5.74, 6) is 0. The van der Waals surface area contributed by atoms with Crippen molar-refractivity contribution < 1.29 is 13.2 Å². The largest absolute Gasteiger partial charge is 0.433 e. The Labute approximate surface area is 132 Å². The fourth-order valence-corrected chi connectivity index (χ4v) is 2.20. The Morgan fingerprint density at radius 2 is 2.00 bits per heavy atom. The van der Waals surface area contributed by atoms with Crippen LogP contribution in [0.3, 0.4) is 0 Å². The van der Waals surface area contributed by atoms with Crippen LogP contribution in [0.5, 0.6) is 0 Å². The molecule has 1 aliphatic heterocycles. The maximum atomic E-state index is 12.7. The SMILES string of the molecule is O=c1cc(-c2cc(Cl)ccc2N2C=C(C(F)(F)F)NN2)nc[nH]1. The number of nitrogens with one attached hydrogen (secondary N) is 3. The van der Waals surface area contributed by atoms with Gasteiger partial charge in [-0.15, -0.1) is 5.53 Å². The molecule has 0 amide bonds. The predicted octanol–water partition coefficient (Wildman–Crippen LogP) is 2.32. The Kier molecular flexibility index (Phi) is 3.74. The lowest BCUT2D eigenvalue weighted by Crippen LogP contribution is -2.38. The average molecular weight is 344 g/mol. The Morgan fingerprint density at radius 3 is 2.65 bits per heavy atom. The first-order chi connectivity index (χ1) is 10.8. The molecule has 1 aromatic carbocycles. The molecule has 6 nitrogen and oxygen atoms in total. The summed E-state index contributed by atoms with van der Waals surface area (Å²) in [6, 6.07) is 5.78. The number of allylic oxidation sites excluding steroid dienone is 1. The van der Waals surface area contributed by atoms with E-state index in [-0.39, 0.29) is 11.3 Å². The molecule has 0 saturated heterocycles. The zero-order chi connectivity index (χ0) is 16.6. The second kappa shape index (κ2) is 5.60. The van der Waals surface area contributed by atoms with E-state index in [4.69, 9.17) is 11.6 Å². The summed E-state index contributed by atoms with van der Waals surface area (Å²) >= 11 is 5.95. The molecule has 1 aliphatic rings. The van der Waals surface area contributed by atoms with Gasteiger partial charge in [-0.05, 0) is 18.2 Å². The molecule has 2 aromatic rings. The Hall–Kier alpha value is -2.52. The molecule has 0 aliphatic carbocycles. The van der Waals surface area contributed by atoms with Crippen LogP contribution in [-0.2, 0) is 0 Å². The van der Waals surface area contributed by atoms with E-state index in [1.165, 1.54) is 30.6 Å². The summed E-state index contributed by atoms with van der Waals surface area (Å²) in [5.41, 5.74) is 4.12. The molecule has 0 spiro atoms. The molecular formula is C13H9ClF3N5O. The van der Waals surface area contributed by atoms with Crippen LogP contribution in [0.2, 0.25) is 5.02 Å². The van der Waals surface area contributed by atoms with E-state index < -0.39 is 11.9 Å². The number of hydrazine groups is 2. The van der Waals surface area contributed by atoms with Gasteiger partial charge in [0.2, 0.25) is 0 Å². The molecule has 0 unspecified atom stereocenters. The molecule has 0 saturated carbocycles. The molecule has 2 heterocycles. The molecule has 3 N–H and O–H groups in total. The van der Waals surface area contributed by atoms with Crippen molar-refractivity contribution in [1.82, 2.24) is 20.9 Å². The molecule has 10 heteroatoms. The van der Waals surface area contributed by atoms with Gasteiger partial charge in [-0.25, -0.2) is 4.98 Å². The van der Waals surface area contributed by atoms with Crippen LogP contribution in [0.1, 0.15) is 0 Å². The molecule has 0 bridgehead atoms. The third kappa shape index (κ3) is 3.15. The van der Waals surface area contributed by atoms with E-state index in [0.717, 1.165) is 11.2 Å². The van der Waals surface area contributed by atoms with Crippen LogP contribution in [0.25, 0.3) is 11.3 Å². The van der Waals surface area contributed by atoms with Crippen LogP contribution in [0, 0.1) is 0 Å². The number of nitrogens with zero attached hydrogens (tertiary/aromatic N) is 2. The molecule has 120 valence electrons. The van der Waals surface area contributed by atoms with Crippen molar-refractivity contribution in [2.45, 2.75) is 6.18 Å². The number of halogens is 4. The number of rotatable bonds is 2. The highest BCUT2D eigenvalue weighted by molar-refractivity contribution is 6.31. The minimum absolute atomic E-state index is 0.280. The molecular weight excluding hydrogens is 335 g/mol. The number of H-pyrrole nitrogens is 1. The Balaban J connectivity index is 2.08. The number of aromatic nitrogens is 2. The summed E-state index contributed by atoms with van der Waals surface area (Å²) in [4.78, 5) is 17.8. The minimum Gasteiger partial charge on any atom is -0.313 e. The average Bonchev–Trinajstić information content (AvgIpc) is 2.97. The molecule has 1 aromatic heterocycles. The van der Waals surface area contributed by atoms with Gasteiger partial charge in [0.05, 0.1) is 23.9 Å². The van der Waals surface area contributed by atoms with Gasteiger partial charge in [-0.2, -0.15) is 13.2 Å². The van der Waals surface area contributed by atoms with Crippen LogP contribution in [0.4, 0.5) is 18.9 Å². The standard InChI is InChI=1S/C13H9ClF3N5O/c14-7-1-2-10(22-5-11(20-21-22)13(15,16)17)8(3-7)9-4-12(23)19-6-18-9/h1-6,20-21H,(H,18,19,23). The van der Waals surface area contributed by atoms with Crippen LogP contribution < -0.4 is 21.5 Å². The van der Waals surface area contributed by atoms with Crippen molar-refractivity contribution in [2.75, 3.05) is 5.01 Å². The lowest BCUT2D eigenvalue weighted by molar-refractivity contribution is -0.0965. The Morgan fingerprint density at radius 1 is 1.22 bits per heavy atom. The fraction of sp³-hybridized carbons (Fsp3) is 0.0769. The third-order valence-electron chi connectivity index (χ3n) is 3.05. The van der Waals surface area contributed by atoms with Crippen molar-refractivity contribution >= 4 is 17.3 Å². The number of benzene rings is 1. The summed E-state index contributed by atoms with van der Waals surface area (Å²) < 4.78 is 38.1. The normalized spacial score (nSPS) is 14.6. The minimum atomic E-state index is -4.52. The molecule has 0 fully saturated rings. The monoisotopic (exact) mass is 343 g/mol. The molecule has 3 rings (SSSR count). The first kappa shape index (κ1) is 15.4. The first-order valence-electron chi connectivity index (χ1n) is 6.29. The lowest BCUT2D eigenvalue weighted by Gasteiger charge is -2.19. The summed E-state index contributed by atoms with van der Waals surface area (Å²) in [6.07, 6.45) is -2.45. The Bertz CT molecular complexity index is 833. The van der Waals surface area contributed by atoms with E-state index in [0.29, 0.717) is 16.3 Å². The van der Waals surface area contributed by atoms with Gasteiger partial charge in [0.1, 0.15) is 0 Å². The fourth-order valence-electron chi connectivity index (χ4n) is 2.03. The highest BCUT2D eigenvalue weighted by Crippen LogP contribution is 2.34. The summed E-state index contributed by atoms with van der Waals surface area (Å²) in [6.45, 7) is 0.